The molecule has 156 valence electrons. The Morgan fingerprint density at radius 2 is 1.90 bits per heavy atom. The fraction of sp³-hybridized carbons (Fsp3) is 0.0833. The largest absolute Gasteiger partial charge is 0.497 e. The number of carbonyl (C=O) groups is 1. The van der Waals surface area contributed by atoms with Gasteiger partial charge in [0.25, 0.3) is 5.91 Å². The normalized spacial score (nSPS) is 10.8. The second-order valence-electron chi connectivity index (χ2n) is 6.42. The van der Waals surface area contributed by atoms with Gasteiger partial charge in [0, 0.05) is 15.7 Å². The zero-order chi connectivity index (χ0) is 22.2. The molecule has 0 atom stereocenters. The van der Waals surface area contributed by atoms with Gasteiger partial charge in [-0.3, -0.25) is 4.79 Å². The number of nitriles is 1. The molecule has 0 aromatic heterocycles. The molecule has 0 heterocycles. The number of hydrogen-bond acceptors (Lipinski definition) is 4. The monoisotopic (exact) mass is 496 g/mol. The predicted molar refractivity (Wildman–Crippen MR) is 125 cm³/mol. The van der Waals surface area contributed by atoms with E-state index in [-0.39, 0.29) is 5.57 Å². The Morgan fingerprint density at radius 3 is 2.55 bits per heavy atom. The van der Waals surface area contributed by atoms with Crippen LogP contribution in [0.2, 0.25) is 5.02 Å². The summed E-state index contributed by atoms with van der Waals surface area (Å²) in [4.78, 5) is 12.5. The van der Waals surface area contributed by atoms with E-state index in [0.717, 1.165) is 10.0 Å². The van der Waals surface area contributed by atoms with E-state index in [2.05, 4.69) is 21.2 Å². The summed E-state index contributed by atoms with van der Waals surface area (Å²) in [6, 6.07) is 21.6. The van der Waals surface area contributed by atoms with Crippen LogP contribution in [0.3, 0.4) is 0 Å². The number of methoxy groups -OCH3 is 1. The Labute approximate surface area is 194 Å². The molecule has 0 aliphatic heterocycles. The lowest BCUT2D eigenvalue weighted by atomic mass is 10.1. The van der Waals surface area contributed by atoms with Crippen LogP contribution < -0.4 is 14.8 Å². The Hall–Kier alpha value is -3.27. The van der Waals surface area contributed by atoms with E-state index in [4.69, 9.17) is 21.1 Å². The van der Waals surface area contributed by atoms with Gasteiger partial charge in [0.1, 0.15) is 29.7 Å². The Balaban J connectivity index is 1.70. The second kappa shape index (κ2) is 10.7. The summed E-state index contributed by atoms with van der Waals surface area (Å²) in [5.41, 5.74) is 2.11. The molecule has 0 fully saturated rings. The van der Waals surface area contributed by atoms with Gasteiger partial charge in [-0.1, -0.05) is 51.8 Å². The van der Waals surface area contributed by atoms with E-state index in [1.807, 2.05) is 30.3 Å². The van der Waals surface area contributed by atoms with Gasteiger partial charge < -0.3 is 14.8 Å². The van der Waals surface area contributed by atoms with Crippen molar-refractivity contribution in [2.24, 2.45) is 0 Å². The number of halogens is 2. The van der Waals surface area contributed by atoms with Crippen molar-refractivity contribution in [3.8, 4) is 17.6 Å². The van der Waals surface area contributed by atoms with Gasteiger partial charge >= 0.3 is 0 Å². The number of nitrogens with one attached hydrogen (secondary N) is 1. The number of carbonyl (C=O) groups excluding carboxylic acids is 1. The number of benzene rings is 3. The van der Waals surface area contributed by atoms with Crippen molar-refractivity contribution in [1.82, 2.24) is 0 Å². The van der Waals surface area contributed by atoms with Crippen LogP contribution in [0.25, 0.3) is 6.08 Å². The van der Waals surface area contributed by atoms with Crippen molar-refractivity contribution in [2.75, 3.05) is 12.4 Å². The highest BCUT2D eigenvalue weighted by Crippen LogP contribution is 2.28. The molecule has 3 rings (SSSR count). The molecule has 0 unspecified atom stereocenters. The van der Waals surface area contributed by atoms with Crippen LogP contribution >= 0.6 is 27.5 Å². The van der Waals surface area contributed by atoms with Crippen LogP contribution in [0.5, 0.6) is 11.5 Å². The average molecular weight is 498 g/mol. The van der Waals surface area contributed by atoms with Gasteiger partial charge in [-0.15, -0.1) is 0 Å². The molecule has 7 heteroatoms. The van der Waals surface area contributed by atoms with Crippen molar-refractivity contribution in [3.05, 3.63) is 92.9 Å². The van der Waals surface area contributed by atoms with Crippen molar-refractivity contribution in [1.29, 1.82) is 5.26 Å². The van der Waals surface area contributed by atoms with Crippen LogP contribution in [-0.2, 0) is 11.4 Å². The Bertz CT molecular complexity index is 1150. The lowest BCUT2D eigenvalue weighted by Gasteiger charge is -2.10. The van der Waals surface area contributed by atoms with Gasteiger partial charge in [0.2, 0.25) is 0 Å². The molecule has 0 spiro atoms. The van der Waals surface area contributed by atoms with Crippen LogP contribution in [0.4, 0.5) is 5.69 Å². The Kier molecular flexibility index (Phi) is 7.71. The van der Waals surface area contributed by atoms with Crippen molar-refractivity contribution in [2.45, 2.75) is 6.61 Å². The third-order valence-electron chi connectivity index (χ3n) is 4.32. The molecule has 0 radical (unpaired) electrons. The molecule has 31 heavy (non-hydrogen) atoms. The predicted octanol–water partition coefficient (Wildman–Crippen LogP) is 6.24. The first-order valence-electron chi connectivity index (χ1n) is 9.23. The summed E-state index contributed by atoms with van der Waals surface area (Å²) < 4.78 is 11.8. The molecular weight excluding hydrogens is 480 g/mol. The van der Waals surface area contributed by atoms with E-state index in [1.165, 1.54) is 6.08 Å². The molecule has 1 N–H and O–H groups in total. The van der Waals surface area contributed by atoms with E-state index in [0.29, 0.717) is 34.4 Å². The minimum absolute atomic E-state index is 0.0474. The molecule has 0 aliphatic rings. The molecule has 3 aromatic carbocycles. The lowest BCUT2D eigenvalue weighted by molar-refractivity contribution is -0.112. The summed E-state index contributed by atoms with van der Waals surface area (Å²) >= 11 is 9.82. The highest BCUT2D eigenvalue weighted by Gasteiger charge is 2.11. The first-order chi connectivity index (χ1) is 15.0. The quantitative estimate of drug-likeness (QED) is 0.310. The maximum Gasteiger partial charge on any atom is 0.266 e. The third kappa shape index (κ3) is 6.11. The van der Waals surface area contributed by atoms with Crippen LogP contribution in [0, 0.1) is 11.3 Å². The highest BCUT2D eigenvalue weighted by atomic mass is 79.9. The smallest absolute Gasteiger partial charge is 0.266 e. The van der Waals surface area contributed by atoms with E-state index in [9.17, 15) is 10.1 Å². The van der Waals surface area contributed by atoms with Crippen molar-refractivity contribution in [3.63, 3.8) is 0 Å². The van der Waals surface area contributed by atoms with Gasteiger partial charge in [-0.2, -0.15) is 5.26 Å². The number of anilines is 1. The average Bonchev–Trinajstić information content (AvgIpc) is 2.78. The van der Waals surface area contributed by atoms with Gasteiger partial charge in [-0.25, -0.2) is 0 Å². The molecule has 1 amide bonds. The van der Waals surface area contributed by atoms with Crippen LogP contribution in [0.15, 0.2) is 76.8 Å². The topological polar surface area (TPSA) is 71.3 Å². The van der Waals surface area contributed by atoms with Gasteiger partial charge in [0.05, 0.1) is 12.1 Å². The zero-order valence-electron chi connectivity index (χ0n) is 16.6. The highest BCUT2D eigenvalue weighted by molar-refractivity contribution is 9.10. The standard InChI is InChI=1S/C24H18BrClN2O3/c1-30-20-9-7-19(8-10-20)28-24(29)18(14-27)12-16-6-11-23(22(26)13-16)31-15-17-4-2-3-5-21(17)25/h2-13H,15H2,1H3,(H,28,29)/b18-12+. The summed E-state index contributed by atoms with van der Waals surface area (Å²) in [5, 5.41) is 12.5. The molecule has 0 saturated carbocycles. The molecule has 5 nitrogen and oxygen atoms in total. The van der Waals surface area contributed by atoms with E-state index < -0.39 is 5.91 Å². The molecule has 3 aromatic rings. The lowest BCUT2D eigenvalue weighted by Crippen LogP contribution is -2.13. The third-order valence-corrected chi connectivity index (χ3v) is 5.39. The fourth-order valence-electron chi connectivity index (χ4n) is 2.68. The first kappa shape index (κ1) is 22.4. The van der Waals surface area contributed by atoms with Crippen molar-refractivity contribution < 1.29 is 14.3 Å². The van der Waals surface area contributed by atoms with E-state index in [1.54, 1.807) is 49.6 Å². The SMILES string of the molecule is COc1ccc(NC(=O)/C(C#N)=C/c2ccc(OCc3ccccc3Br)c(Cl)c2)cc1. The second-order valence-corrected chi connectivity index (χ2v) is 7.68. The molecule has 0 aliphatic carbocycles. The van der Waals surface area contributed by atoms with Crippen molar-refractivity contribution >= 4 is 45.2 Å². The van der Waals surface area contributed by atoms with Crippen LogP contribution in [-0.4, -0.2) is 13.0 Å². The Morgan fingerprint density at radius 1 is 1.16 bits per heavy atom. The summed E-state index contributed by atoms with van der Waals surface area (Å²) in [7, 11) is 1.56. The van der Waals surface area contributed by atoms with Crippen LogP contribution in [0.1, 0.15) is 11.1 Å². The summed E-state index contributed by atoms with van der Waals surface area (Å²) in [6.07, 6.45) is 1.47. The molecular formula is C24H18BrClN2O3. The number of ether oxygens (including phenoxy) is 2. The number of nitrogens with zero attached hydrogens (tertiary/aromatic N) is 1. The first-order valence-corrected chi connectivity index (χ1v) is 10.4. The fourth-order valence-corrected chi connectivity index (χ4v) is 3.33. The number of hydrogen-bond donors (Lipinski definition) is 1. The van der Waals surface area contributed by atoms with E-state index >= 15 is 0 Å². The molecule has 0 bridgehead atoms. The van der Waals surface area contributed by atoms with Gasteiger partial charge in [0.15, 0.2) is 0 Å². The van der Waals surface area contributed by atoms with Gasteiger partial charge in [-0.05, 0) is 54.1 Å². The number of rotatable bonds is 7. The maximum atomic E-state index is 12.5. The summed E-state index contributed by atoms with van der Waals surface area (Å²) in [6.45, 7) is 0.351. The minimum Gasteiger partial charge on any atom is -0.497 e. The minimum atomic E-state index is -0.516. The number of amides is 1. The molecule has 0 saturated heterocycles. The maximum absolute atomic E-state index is 12.5. The summed E-state index contributed by atoms with van der Waals surface area (Å²) in [5.74, 6) is 0.666. The zero-order valence-corrected chi connectivity index (χ0v) is 18.9.